The molecule has 0 aliphatic carbocycles. The maximum absolute atomic E-state index is 14.1. The Bertz CT molecular complexity index is 1120. The van der Waals surface area contributed by atoms with Crippen LogP contribution in [0.2, 0.25) is 10.0 Å². The molecule has 0 saturated carbocycles. The van der Waals surface area contributed by atoms with Gasteiger partial charge in [0.15, 0.2) is 0 Å². The lowest BCUT2D eigenvalue weighted by Crippen LogP contribution is -2.42. The van der Waals surface area contributed by atoms with Gasteiger partial charge in [-0.2, -0.15) is 13.2 Å². The predicted molar refractivity (Wildman–Crippen MR) is 117 cm³/mol. The van der Waals surface area contributed by atoms with Gasteiger partial charge in [-0.05, 0) is 42.3 Å². The minimum Gasteiger partial charge on any atom is -0.448 e. The highest BCUT2D eigenvalue weighted by Gasteiger charge is 2.62. The molecule has 176 valence electrons. The summed E-state index contributed by atoms with van der Waals surface area (Å²) in [6, 6.07) is 7.78. The maximum atomic E-state index is 14.1. The Kier molecular flexibility index (Phi) is 7.45. The molecule has 6 nitrogen and oxygen atoms in total. The number of benzene rings is 2. The van der Waals surface area contributed by atoms with E-state index in [-0.39, 0.29) is 39.4 Å². The van der Waals surface area contributed by atoms with Crippen molar-refractivity contribution in [2.45, 2.75) is 25.1 Å². The summed E-state index contributed by atoms with van der Waals surface area (Å²) in [5.41, 5.74) is -2.11. The first-order valence-electron chi connectivity index (χ1n) is 9.41. The van der Waals surface area contributed by atoms with Crippen LogP contribution in [0, 0.1) is 6.92 Å². The molecule has 2 amide bonds. The van der Waals surface area contributed by atoms with E-state index in [1.165, 1.54) is 30.3 Å². The number of ether oxygens (including phenoxy) is 1. The van der Waals surface area contributed by atoms with Crippen LogP contribution in [0.4, 0.5) is 18.0 Å². The van der Waals surface area contributed by atoms with Gasteiger partial charge in [-0.3, -0.25) is 10.1 Å². The predicted octanol–water partition coefficient (Wildman–Crippen LogP) is 5.99. The zero-order valence-electron chi connectivity index (χ0n) is 16.9. The smallest absolute Gasteiger partial charge is 0.435 e. The quantitative estimate of drug-likeness (QED) is 0.489. The largest absolute Gasteiger partial charge is 0.448 e. The molecule has 0 bridgehead atoms. The number of rotatable bonds is 5. The normalized spacial score (nSPS) is 17.8. The Morgan fingerprint density at radius 2 is 1.91 bits per heavy atom. The van der Waals surface area contributed by atoms with Crippen molar-refractivity contribution >= 4 is 52.5 Å². The highest BCUT2D eigenvalue weighted by molar-refractivity contribution is 6.42. The fraction of sp³-hybridized carbons (Fsp3) is 0.286. The van der Waals surface area contributed by atoms with Crippen LogP contribution in [0.5, 0.6) is 0 Å². The van der Waals surface area contributed by atoms with Crippen molar-refractivity contribution in [1.82, 2.24) is 5.32 Å². The monoisotopic (exact) mass is 522 g/mol. The summed E-state index contributed by atoms with van der Waals surface area (Å²) in [5.74, 6) is -0.662. The Morgan fingerprint density at radius 1 is 1.18 bits per heavy atom. The number of amides is 2. The summed E-state index contributed by atoms with van der Waals surface area (Å²) in [4.78, 5) is 28.8. The average molecular weight is 524 g/mol. The number of hydrogen-bond acceptors (Lipinski definition) is 5. The fourth-order valence-corrected chi connectivity index (χ4v) is 3.61. The van der Waals surface area contributed by atoms with Crippen LogP contribution in [-0.2, 0) is 15.2 Å². The minimum atomic E-state index is -4.81. The molecule has 2 aromatic carbocycles. The minimum absolute atomic E-state index is 0.0231. The third kappa shape index (κ3) is 5.20. The number of hydrogen-bond donors (Lipinski definition) is 1. The van der Waals surface area contributed by atoms with Crippen LogP contribution in [0.25, 0.3) is 0 Å². The molecule has 1 N–H and O–H groups in total. The van der Waals surface area contributed by atoms with Gasteiger partial charge in [0.1, 0.15) is 6.61 Å². The first-order valence-corrected chi connectivity index (χ1v) is 10.7. The van der Waals surface area contributed by atoms with E-state index in [9.17, 15) is 22.8 Å². The number of halogens is 6. The molecule has 12 heteroatoms. The van der Waals surface area contributed by atoms with Gasteiger partial charge in [0, 0.05) is 17.5 Å². The van der Waals surface area contributed by atoms with Crippen molar-refractivity contribution in [3.63, 3.8) is 0 Å². The molecule has 0 fully saturated rings. The summed E-state index contributed by atoms with van der Waals surface area (Å²) in [6.07, 6.45) is -6.40. The molecule has 1 aliphatic heterocycles. The number of carbonyl (C=O) groups is 2. The van der Waals surface area contributed by atoms with Crippen molar-refractivity contribution in [3.8, 4) is 0 Å². The topological polar surface area (TPSA) is 77.0 Å². The van der Waals surface area contributed by atoms with Gasteiger partial charge in [0.05, 0.1) is 21.6 Å². The summed E-state index contributed by atoms with van der Waals surface area (Å²) in [7, 11) is 0. The summed E-state index contributed by atoms with van der Waals surface area (Å²) in [5, 5.41) is 5.78. The van der Waals surface area contributed by atoms with Gasteiger partial charge in [-0.1, -0.05) is 40.5 Å². The van der Waals surface area contributed by atoms with Gasteiger partial charge in [-0.25, -0.2) is 4.79 Å². The third-order valence-corrected chi connectivity index (χ3v) is 5.80. The number of aryl methyl sites for hydroxylation is 1. The zero-order valence-corrected chi connectivity index (χ0v) is 19.2. The van der Waals surface area contributed by atoms with E-state index in [2.05, 4.69) is 9.89 Å². The fourth-order valence-electron chi connectivity index (χ4n) is 3.23. The lowest BCUT2D eigenvalue weighted by Gasteiger charge is -2.29. The van der Waals surface area contributed by atoms with Crippen molar-refractivity contribution in [3.05, 3.63) is 68.7 Å². The Balaban J connectivity index is 1.84. The molecule has 0 radical (unpaired) electrons. The molecular formula is C21H16Cl3F3N2O4. The molecule has 0 spiro atoms. The standard InChI is InChI=1S/C21H16Cl3F3N2O4/c1-11-8-12(2-4-14(11)18(30)28-19(31)32-7-6-22)17-10-20(33-29-17,21(25,26)27)13-3-5-15(23)16(24)9-13/h2-5,8-9H,6-7,10H2,1H3,(H,28,30,31). The van der Waals surface area contributed by atoms with E-state index in [0.717, 1.165) is 6.07 Å². The lowest BCUT2D eigenvalue weighted by molar-refractivity contribution is -0.275. The van der Waals surface area contributed by atoms with Gasteiger partial charge < -0.3 is 9.57 Å². The molecule has 1 heterocycles. The molecular weight excluding hydrogens is 508 g/mol. The Hall–Kier alpha value is -2.49. The van der Waals surface area contributed by atoms with Gasteiger partial charge in [-0.15, -0.1) is 11.6 Å². The first kappa shape index (κ1) is 25.1. The zero-order chi connectivity index (χ0) is 24.4. The number of imide groups is 1. The Labute approximate surface area is 201 Å². The number of oxime groups is 1. The molecule has 0 aromatic heterocycles. The van der Waals surface area contributed by atoms with Crippen LogP contribution in [0.3, 0.4) is 0 Å². The van der Waals surface area contributed by atoms with Crippen LogP contribution in [0.15, 0.2) is 41.6 Å². The van der Waals surface area contributed by atoms with Gasteiger partial charge in [0.25, 0.3) is 11.5 Å². The second kappa shape index (κ2) is 9.79. The SMILES string of the molecule is Cc1cc(C2=NOC(c3ccc(Cl)c(Cl)c3)(C(F)(F)F)C2)ccc1C(=O)NC(=O)OCCCl. The molecule has 0 saturated heterocycles. The van der Waals surface area contributed by atoms with E-state index in [0.29, 0.717) is 11.1 Å². The number of alkyl halides is 4. The maximum Gasteiger partial charge on any atom is 0.435 e. The van der Waals surface area contributed by atoms with Crippen molar-refractivity contribution in [2.75, 3.05) is 12.5 Å². The van der Waals surface area contributed by atoms with E-state index in [4.69, 9.17) is 39.6 Å². The number of nitrogens with one attached hydrogen (secondary N) is 1. The van der Waals surface area contributed by atoms with E-state index < -0.39 is 30.2 Å². The molecule has 2 aromatic rings. The second-order valence-electron chi connectivity index (χ2n) is 7.07. The first-order chi connectivity index (χ1) is 15.5. The third-order valence-electron chi connectivity index (χ3n) is 4.90. The van der Waals surface area contributed by atoms with E-state index >= 15 is 0 Å². The number of carbonyl (C=O) groups excluding carboxylic acids is 2. The second-order valence-corrected chi connectivity index (χ2v) is 8.26. The van der Waals surface area contributed by atoms with Crippen molar-refractivity contribution < 1.29 is 32.3 Å². The summed E-state index contributed by atoms with van der Waals surface area (Å²) < 4.78 is 47.0. The number of alkyl carbamates (subject to hydrolysis) is 1. The highest BCUT2D eigenvalue weighted by Crippen LogP contribution is 2.49. The van der Waals surface area contributed by atoms with Crippen molar-refractivity contribution in [2.24, 2.45) is 5.16 Å². The summed E-state index contributed by atoms with van der Waals surface area (Å²) >= 11 is 17.2. The van der Waals surface area contributed by atoms with Crippen molar-refractivity contribution in [1.29, 1.82) is 0 Å². The molecule has 3 rings (SSSR count). The van der Waals surface area contributed by atoms with Crippen LogP contribution in [0.1, 0.15) is 33.5 Å². The molecule has 1 aliphatic rings. The molecule has 33 heavy (non-hydrogen) atoms. The van der Waals surface area contributed by atoms with E-state index in [1.807, 2.05) is 5.32 Å². The Morgan fingerprint density at radius 3 is 2.52 bits per heavy atom. The van der Waals surface area contributed by atoms with E-state index in [1.54, 1.807) is 6.92 Å². The van der Waals surface area contributed by atoms with Gasteiger partial charge in [0.2, 0.25) is 0 Å². The molecule has 1 unspecified atom stereocenters. The van der Waals surface area contributed by atoms with Crippen LogP contribution in [-0.4, -0.2) is 36.4 Å². The highest BCUT2D eigenvalue weighted by atomic mass is 35.5. The van der Waals surface area contributed by atoms with Crippen LogP contribution < -0.4 is 5.32 Å². The lowest BCUT2D eigenvalue weighted by atomic mass is 9.86. The summed E-state index contributed by atoms with van der Waals surface area (Å²) in [6.45, 7) is 1.49. The van der Waals surface area contributed by atoms with Gasteiger partial charge >= 0.3 is 12.3 Å². The van der Waals surface area contributed by atoms with Crippen LogP contribution >= 0.6 is 34.8 Å². The molecule has 1 atom stereocenters. The number of nitrogens with zero attached hydrogens (tertiary/aromatic N) is 1. The average Bonchev–Trinajstić information content (AvgIpc) is 3.21.